The average Bonchev–Trinajstić information content (AvgIpc) is 2.76. The minimum atomic E-state index is 0.789. The number of benzene rings is 1. The molecule has 9 heteroatoms. The zero-order valence-corrected chi connectivity index (χ0v) is 13.8. The van der Waals surface area contributed by atoms with Gasteiger partial charge in [0.2, 0.25) is 0 Å². The summed E-state index contributed by atoms with van der Waals surface area (Å²) >= 11 is 2.83. The van der Waals surface area contributed by atoms with E-state index in [4.69, 9.17) is 37.4 Å². The fourth-order valence-electron chi connectivity index (χ4n) is 0.845. The Kier molecular flexibility index (Phi) is 78.4. The van der Waals surface area contributed by atoms with Crippen molar-refractivity contribution in [2.24, 2.45) is 0 Å². The number of hydrogen-bond acceptors (Lipinski definition) is 2. The zero-order valence-electron chi connectivity index (χ0n) is 12.5. The molecule has 0 aliphatic heterocycles. The van der Waals surface area contributed by atoms with Gasteiger partial charge in [-0.3, -0.25) is 0 Å². The molecule has 0 fully saturated rings. The fourth-order valence-corrected chi connectivity index (χ4v) is 1.06. The third-order valence-electron chi connectivity index (χ3n) is 1.51. The van der Waals surface area contributed by atoms with Crippen LogP contribution in [-0.4, -0.2) is 18.8 Å². The summed E-state index contributed by atoms with van der Waals surface area (Å²) in [6.07, 6.45) is 0. The summed E-state index contributed by atoms with van der Waals surface area (Å²) in [4.78, 5) is 0. The van der Waals surface area contributed by atoms with Crippen molar-refractivity contribution in [3.63, 3.8) is 0 Å². The van der Waals surface area contributed by atoms with E-state index in [1.165, 1.54) is 0 Å². The van der Waals surface area contributed by atoms with Crippen LogP contribution < -0.4 is 4.74 Å². The molecule has 1 aromatic carbocycles. The predicted molar refractivity (Wildman–Crippen MR) is 67.7 cm³/mol. The summed E-state index contributed by atoms with van der Waals surface area (Å²) in [5.74, 6) is 0.850. The molecule has 8 nitrogen and oxygen atoms in total. The zero-order chi connectivity index (χ0) is 21.0. The van der Waals surface area contributed by atoms with Gasteiger partial charge in [-0.1, -0.05) is 0 Å². The van der Waals surface area contributed by atoms with Gasteiger partial charge < -0.3 is 0 Å². The van der Waals surface area contributed by atoms with Crippen molar-refractivity contribution in [1.82, 2.24) is 0 Å². The molecule has 0 aromatic heterocycles. The molecule has 24 heavy (non-hydrogen) atoms. The Morgan fingerprint density at radius 3 is 1.21 bits per heavy atom. The van der Waals surface area contributed by atoms with Crippen molar-refractivity contribution in [2.45, 2.75) is 0 Å². The van der Waals surface area contributed by atoms with Crippen LogP contribution in [0.4, 0.5) is 0 Å². The van der Waals surface area contributed by atoms with Crippen molar-refractivity contribution in [2.75, 3.05) is 14.2 Å². The third kappa shape index (κ3) is 28.1. The number of ether oxygens (including phenoxy) is 2. The van der Waals surface area contributed by atoms with E-state index < -0.39 is 0 Å². The normalized spacial score (nSPS) is 5.25. The Balaban J connectivity index is -0.0000000573. The maximum atomic E-state index is 7.50. The van der Waals surface area contributed by atoms with Crippen LogP contribution in [0.3, 0.4) is 0 Å². The molecule has 0 radical (unpaired) electrons. The Hall–Kier alpha value is -2.18. The molecule has 0 saturated carbocycles. The molecule has 1 aromatic rings. The van der Waals surface area contributed by atoms with Crippen molar-refractivity contribution in [1.29, 1.82) is 0 Å². The van der Waals surface area contributed by atoms with Gasteiger partial charge in [-0.15, -0.1) is 0 Å². The van der Waals surface area contributed by atoms with Gasteiger partial charge in [0.1, 0.15) is 0 Å². The van der Waals surface area contributed by atoms with E-state index in [9.17, 15) is 0 Å². The topological polar surface area (TPSA) is 138 Å². The standard InChI is InChI=1S/C9H10O2.6CO.Cr/c1-10-7-8-3-5-9(11-2)6-4-8;6*1-2;/h3-6H,1-2H3;;;;;;;. The second-order valence-corrected chi connectivity index (χ2v) is 2.80. The van der Waals surface area contributed by atoms with Crippen LogP contribution in [0, 0.1) is 39.9 Å². The monoisotopic (exact) mass is 370 g/mol. The molecule has 0 bridgehead atoms. The molecule has 0 amide bonds. The Morgan fingerprint density at radius 1 is 0.708 bits per heavy atom. The van der Waals surface area contributed by atoms with E-state index in [1.54, 1.807) is 14.2 Å². The summed E-state index contributed by atoms with van der Waals surface area (Å²) in [6, 6.07) is 7.67. The van der Waals surface area contributed by atoms with Crippen LogP contribution in [0.15, 0.2) is 24.3 Å². The second-order valence-electron chi connectivity index (χ2n) is 2.22. The molecule has 0 aliphatic carbocycles. The molecule has 0 spiro atoms. The summed E-state index contributed by atoms with van der Waals surface area (Å²) in [5.41, 5.74) is 1.03. The molecule has 1 rings (SSSR count). The van der Waals surface area contributed by atoms with Crippen LogP contribution in [0.1, 0.15) is 5.56 Å². The Morgan fingerprint density at radius 2 is 1.00 bits per heavy atom. The third-order valence-corrected chi connectivity index (χ3v) is 2.14. The van der Waals surface area contributed by atoms with E-state index in [2.05, 4.69) is 55.8 Å². The molecule has 0 unspecified atom stereocenters. The first-order valence-corrected chi connectivity index (χ1v) is 5.36. The summed E-state index contributed by atoms with van der Waals surface area (Å²) < 4.78 is 55.8. The van der Waals surface area contributed by atoms with Gasteiger partial charge in [-0.25, -0.2) is 0 Å². The Labute approximate surface area is 148 Å². The maximum absolute atomic E-state index is 7.50. The molecule has 124 valence electrons. The quantitative estimate of drug-likeness (QED) is 0.582. The predicted octanol–water partition coefficient (Wildman–Crippen LogP) is 1.14. The van der Waals surface area contributed by atoms with Crippen molar-refractivity contribution in [3.05, 3.63) is 69.7 Å². The molecular weight excluding hydrogens is 360 g/mol. The first-order chi connectivity index (χ1) is 11.8. The summed E-state index contributed by atoms with van der Waals surface area (Å²) in [6.45, 7) is 27.0. The molecule has 0 heterocycles. The van der Waals surface area contributed by atoms with Crippen LogP contribution >= 0.6 is 0 Å². The molecule has 0 atom stereocenters. The molecule has 0 aliphatic rings. The van der Waals surface area contributed by atoms with E-state index in [0.717, 1.165) is 15.9 Å². The van der Waals surface area contributed by atoms with Crippen LogP contribution in [0.5, 0.6) is 5.75 Å². The second kappa shape index (κ2) is 49.8. The van der Waals surface area contributed by atoms with Crippen LogP contribution in [-0.2, 0) is 48.5 Å². The van der Waals surface area contributed by atoms with Crippen molar-refractivity contribution < 1.29 is 53.2 Å². The number of rotatable bonds is 3. The van der Waals surface area contributed by atoms with E-state index in [0.29, 0.717) is 0 Å². The summed E-state index contributed by atoms with van der Waals surface area (Å²) in [5, 5.41) is 0. The SMILES string of the molecule is CO[C](=[Cr])c1ccc(OC)cc1.[C-]#[O+].[C-]#[O+].[C-]#[O+].[C-]#[O+].[C-]#[O+].[C-]#[O+]. The van der Waals surface area contributed by atoms with Crippen LogP contribution in [0.2, 0.25) is 0 Å². The Bertz CT molecular complexity index is 448. The van der Waals surface area contributed by atoms with E-state index in [1.807, 2.05) is 24.3 Å². The molecule has 0 N–H and O–H groups in total. The van der Waals surface area contributed by atoms with Gasteiger partial charge in [0.25, 0.3) is 0 Å². The average molecular weight is 370 g/mol. The van der Waals surface area contributed by atoms with E-state index in [-0.39, 0.29) is 0 Å². The van der Waals surface area contributed by atoms with Gasteiger partial charge in [-0.05, 0) is 0 Å². The number of hydrogen-bond donors (Lipinski definition) is 0. The fraction of sp³-hybridized carbons (Fsp3) is 0.133. The van der Waals surface area contributed by atoms with Gasteiger partial charge in [0.05, 0.1) is 0 Å². The van der Waals surface area contributed by atoms with Crippen LogP contribution in [0.25, 0.3) is 0 Å². The van der Waals surface area contributed by atoms with Gasteiger partial charge in [0, 0.05) is 0 Å². The molecular formula is C15H10CrO8. The van der Waals surface area contributed by atoms with Gasteiger partial charge in [-0.2, -0.15) is 0 Å². The summed E-state index contributed by atoms with van der Waals surface area (Å²) in [7, 11) is 3.28. The van der Waals surface area contributed by atoms with Crippen molar-refractivity contribution >= 4 is 4.57 Å². The first-order valence-electron chi connectivity index (χ1n) is 4.72. The van der Waals surface area contributed by atoms with Gasteiger partial charge >= 0.3 is 148 Å². The number of methoxy groups -OCH3 is 2. The van der Waals surface area contributed by atoms with E-state index >= 15 is 0 Å². The minimum absolute atomic E-state index is 0.789. The van der Waals surface area contributed by atoms with Gasteiger partial charge in [0.15, 0.2) is 0 Å². The first kappa shape index (κ1) is 37.8. The van der Waals surface area contributed by atoms with Crippen molar-refractivity contribution in [3.8, 4) is 5.75 Å². The molecule has 0 saturated heterocycles.